The van der Waals surface area contributed by atoms with Crippen molar-refractivity contribution < 1.29 is 13.2 Å². The molecule has 1 aliphatic rings. The van der Waals surface area contributed by atoms with Gasteiger partial charge in [-0.2, -0.15) is 0 Å². The Labute approximate surface area is 94.3 Å². The number of ether oxygens (including phenoxy) is 1. The predicted molar refractivity (Wildman–Crippen MR) is 60.1 cm³/mol. The first kappa shape index (κ1) is 12.5. The van der Waals surface area contributed by atoms with E-state index < -0.39 is 14.8 Å². The molecule has 2 unspecified atom stereocenters. The van der Waals surface area contributed by atoms with Gasteiger partial charge in [-0.3, -0.25) is 0 Å². The molecule has 83 valence electrons. The molecular formula is C9H16BrO3S. The molecule has 0 amide bonds. The molecule has 1 aliphatic carbocycles. The molecule has 0 spiro atoms. The fraction of sp³-hybridized carbons (Fsp3) is 0.889. The fourth-order valence-corrected chi connectivity index (χ4v) is 4.47. The zero-order valence-corrected chi connectivity index (χ0v) is 10.9. The third-order valence-corrected chi connectivity index (χ3v) is 5.90. The average Bonchev–Trinajstić information content (AvgIpc) is 2.17. The van der Waals surface area contributed by atoms with Crippen LogP contribution in [0, 0.1) is 6.42 Å². The fourth-order valence-electron chi connectivity index (χ4n) is 1.82. The Balaban J connectivity index is 2.96. The molecule has 0 aromatic heterocycles. The lowest BCUT2D eigenvalue weighted by atomic mass is 9.97. The van der Waals surface area contributed by atoms with Crippen molar-refractivity contribution in [2.24, 2.45) is 0 Å². The van der Waals surface area contributed by atoms with Gasteiger partial charge in [-0.1, -0.05) is 22.9 Å². The molecule has 0 aromatic carbocycles. The number of methoxy groups -OCH3 is 1. The molecule has 1 saturated carbocycles. The lowest BCUT2D eigenvalue weighted by molar-refractivity contribution is 0.0405. The van der Waals surface area contributed by atoms with E-state index in [-0.39, 0.29) is 10.6 Å². The van der Waals surface area contributed by atoms with Crippen molar-refractivity contribution in [2.75, 3.05) is 12.9 Å². The molecule has 1 fully saturated rings. The van der Waals surface area contributed by atoms with Crippen molar-refractivity contribution in [1.82, 2.24) is 0 Å². The van der Waals surface area contributed by atoms with Gasteiger partial charge in [-0.25, -0.2) is 8.42 Å². The van der Waals surface area contributed by atoms with Crippen molar-refractivity contribution in [1.29, 1.82) is 0 Å². The van der Waals surface area contributed by atoms with Crippen LogP contribution in [0.5, 0.6) is 0 Å². The monoisotopic (exact) mass is 283 g/mol. The number of halogens is 1. The maximum absolute atomic E-state index is 11.9. The van der Waals surface area contributed by atoms with E-state index in [9.17, 15) is 8.42 Å². The van der Waals surface area contributed by atoms with Crippen LogP contribution in [0.25, 0.3) is 0 Å². The second-order valence-corrected chi connectivity index (χ2v) is 7.24. The van der Waals surface area contributed by atoms with Gasteiger partial charge in [0.15, 0.2) is 14.8 Å². The van der Waals surface area contributed by atoms with Crippen molar-refractivity contribution in [2.45, 2.75) is 35.9 Å². The highest BCUT2D eigenvalue weighted by molar-refractivity contribution is 9.09. The summed E-state index contributed by atoms with van der Waals surface area (Å²) in [5.41, 5.74) is 0. The van der Waals surface area contributed by atoms with Gasteiger partial charge >= 0.3 is 0 Å². The molecule has 5 heteroatoms. The summed E-state index contributed by atoms with van der Waals surface area (Å²) in [6.07, 6.45) is 3.95. The third-order valence-electron chi connectivity index (χ3n) is 2.77. The summed E-state index contributed by atoms with van der Waals surface area (Å²) in [5, 5.41) is 0. The Morgan fingerprint density at radius 3 is 2.71 bits per heavy atom. The van der Waals surface area contributed by atoms with E-state index in [2.05, 4.69) is 22.4 Å². The molecule has 0 N–H and O–H groups in total. The number of hydrogen-bond donors (Lipinski definition) is 0. The molecule has 2 atom stereocenters. The quantitative estimate of drug-likeness (QED) is 0.744. The summed E-state index contributed by atoms with van der Waals surface area (Å²) in [4.78, 5) is -0.831. The predicted octanol–water partition coefficient (Wildman–Crippen LogP) is 1.92. The first-order valence-corrected chi connectivity index (χ1v) is 7.29. The Bertz CT molecular complexity index is 288. The van der Waals surface area contributed by atoms with Crippen LogP contribution in [0.15, 0.2) is 0 Å². The molecule has 3 nitrogen and oxygen atoms in total. The Morgan fingerprint density at radius 2 is 2.29 bits per heavy atom. The van der Waals surface area contributed by atoms with Crippen molar-refractivity contribution >= 4 is 25.8 Å². The van der Waals surface area contributed by atoms with Crippen LogP contribution in [0.4, 0.5) is 0 Å². The van der Waals surface area contributed by atoms with Crippen LogP contribution >= 0.6 is 15.9 Å². The Hall–Kier alpha value is 0.390. The highest BCUT2D eigenvalue weighted by Crippen LogP contribution is 2.38. The second kappa shape index (κ2) is 4.49. The van der Waals surface area contributed by atoms with Gasteiger partial charge in [0.2, 0.25) is 0 Å². The van der Waals surface area contributed by atoms with E-state index in [0.717, 1.165) is 6.42 Å². The average molecular weight is 284 g/mol. The van der Waals surface area contributed by atoms with Crippen molar-refractivity contribution in [3.63, 3.8) is 0 Å². The Kier molecular flexibility index (Phi) is 4.00. The number of alkyl halides is 1. The van der Waals surface area contributed by atoms with Crippen molar-refractivity contribution in [3.8, 4) is 0 Å². The lowest BCUT2D eigenvalue weighted by Crippen LogP contribution is -2.46. The first-order chi connectivity index (χ1) is 6.47. The molecule has 0 aromatic rings. The molecule has 1 rings (SSSR count). The summed E-state index contributed by atoms with van der Waals surface area (Å²) in [7, 11) is -1.65. The van der Waals surface area contributed by atoms with Crippen LogP contribution in [-0.2, 0) is 14.6 Å². The highest BCUT2D eigenvalue weighted by atomic mass is 79.9. The summed E-state index contributed by atoms with van der Waals surface area (Å²) in [6.45, 7) is 1.66. The highest BCUT2D eigenvalue weighted by Gasteiger charge is 2.45. The minimum Gasteiger partial charge on any atom is -0.362 e. The van der Waals surface area contributed by atoms with E-state index in [1.807, 2.05) is 0 Å². The third kappa shape index (κ3) is 2.14. The van der Waals surface area contributed by atoms with Gasteiger partial charge in [0, 0.05) is 18.4 Å². The van der Waals surface area contributed by atoms with Gasteiger partial charge in [0.05, 0.1) is 5.75 Å². The summed E-state index contributed by atoms with van der Waals surface area (Å²) < 4.78 is 29.1. The van der Waals surface area contributed by atoms with Crippen LogP contribution in [-0.4, -0.2) is 31.0 Å². The van der Waals surface area contributed by atoms with Gasteiger partial charge < -0.3 is 4.74 Å². The van der Waals surface area contributed by atoms with E-state index in [4.69, 9.17) is 4.74 Å². The molecular weight excluding hydrogens is 268 g/mol. The standard InChI is InChI=1S/C9H16BrO3S/c1-3-14(11,12)9(13-2)6-4-5-8(10)7-9/h5,8H,3-4,6-7H2,1-2H3. The smallest absolute Gasteiger partial charge is 0.179 e. The van der Waals surface area contributed by atoms with E-state index in [1.165, 1.54) is 7.11 Å². The number of sulfone groups is 1. The van der Waals surface area contributed by atoms with E-state index >= 15 is 0 Å². The lowest BCUT2D eigenvalue weighted by Gasteiger charge is -2.37. The zero-order valence-electron chi connectivity index (χ0n) is 8.49. The number of hydrogen-bond acceptors (Lipinski definition) is 3. The van der Waals surface area contributed by atoms with Crippen molar-refractivity contribution in [3.05, 3.63) is 6.42 Å². The molecule has 0 aliphatic heterocycles. The maximum atomic E-state index is 11.9. The largest absolute Gasteiger partial charge is 0.362 e. The topological polar surface area (TPSA) is 43.4 Å². The van der Waals surface area contributed by atoms with Crippen LogP contribution in [0.3, 0.4) is 0 Å². The second-order valence-electron chi connectivity index (χ2n) is 3.51. The molecule has 0 saturated heterocycles. The summed E-state index contributed by atoms with van der Waals surface area (Å²) in [6, 6.07) is 0. The molecule has 14 heavy (non-hydrogen) atoms. The van der Waals surface area contributed by atoms with Crippen LogP contribution in [0.2, 0.25) is 0 Å². The Morgan fingerprint density at radius 1 is 1.64 bits per heavy atom. The molecule has 0 heterocycles. The summed E-state index contributed by atoms with van der Waals surface area (Å²) >= 11 is 3.43. The van der Waals surface area contributed by atoms with Gasteiger partial charge in [0.1, 0.15) is 0 Å². The van der Waals surface area contributed by atoms with E-state index in [0.29, 0.717) is 12.8 Å². The minimum atomic E-state index is -3.14. The van der Waals surface area contributed by atoms with Crippen LogP contribution < -0.4 is 0 Å². The van der Waals surface area contributed by atoms with Gasteiger partial charge in [-0.15, -0.1) is 0 Å². The normalized spacial score (nSPS) is 34.4. The molecule has 1 radical (unpaired) electrons. The zero-order chi connectivity index (χ0) is 10.8. The summed E-state index contributed by atoms with van der Waals surface area (Å²) in [5.74, 6) is 0.139. The van der Waals surface area contributed by atoms with Gasteiger partial charge in [-0.05, 0) is 19.3 Å². The SMILES string of the molecule is CCS(=O)(=O)C1(OC)CC[CH]C(Br)C1. The van der Waals surface area contributed by atoms with Crippen LogP contribution in [0.1, 0.15) is 26.2 Å². The first-order valence-electron chi connectivity index (χ1n) is 4.72. The van der Waals surface area contributed by atoms with Gasteiger partial charge in [0.25, 0.3) is 0 Å². The molecule has 0 bridgehead atoms. The maximum Gasteiger partial charge on any atom is 0.179 e. The minimum absolute atomic E-state index is 0.137. The van der Waals surface area contributed by atoms with E-state index in [1.54, 1.807) is 6.92 Å². The number of rotatable bonds is 3.